The Kier molecular flexibility index (Phi) is 7.01. The molecule has 1 aliphatic heterocycles. The minimum absolute atomic E-state index is 0.0658. The molecule has 2 aromatic rings. The molecule has 3 nitrogen and oxygen atoms in total. The number of ether oxygens (including phenoxy) is 1. The van der Waals surface area contributed by atoms with Crippen LogP contribution in [0.5, 0.6) is 5.75 Å². The van der Waals surface area contributed by atoms with Crippen molar-refractivity contribution in [1.29, 1.82) is 0 Å². The van der Waals surface area contributed by atoms with Crippen molar-refractivity contribution in [3.8, 4) is 5.75 Å². The van der Waals surface area contributed by atoms with Crippen LogP contribution < -0.4 is 4.74 Å². The highest BCUT2D eigenvalue weighted by atomic mass is 32.2. The van der Waals surface area contributed by atoms with Crippen molar-refractivity contribution in [1.82, 2.24) is 4.90 Å². The average Bonchev–Trinajstić information content (AvgIpc) is 3.17. The van der Waals surface area contributed by atoms with E-state index in [1.54, 1.807) is 0 Å². The van der Waals surface area contributed by atoms with Gasteiger partial charge in [-0.15, -0.1) is 11.8 Å². The molecule has 4 heteroatoms. The van der Waals surface area contributed by atoms with Gasteiger partial charge in [0.05, 0.1) is 0 Å². The predicted molar refractivity (Wildman–Crippen MR) is 108 cm³/mol. The minimum atomic E-state index is 0.0658. The number of hydrogen-bond acceptors (Lipinski definition) is 3. The first-order valence-electron chi connectivity index (χ1n) is 9.46. The third-order valence-electron chi connectivity index (χ3n) is 4.63. The van der Waals surface area contributed by atoms with Crippen molar-refractivity contribution in [2.45, 2.75) is 44.6 Å². The van der Waals surface area contributed by atoms with Gasteiger partial charge in [0.2, 0.25) is 5.91 Å². The summed E-state index contributed by atoms with van der Waals surface area (Å²) in [4.78, 5) is 14.7. The first kappa shape index (κ1) is 18.8. The van der Waals surface area contributed by atoms with Gasteiger partial charge in [-0.25, -0.2) is 0 Å². The van der Waals surface area contributed by atoms with Crippen LogP contribution in [-0.4, -0.2) is 23.1 Å². The van der Waals surface area contributed by atoms with Gasteiger partial charge < -0.3 is 9.64 Å². The van der Waals surface area contributed by atoms with Crippen LogP contribution in [0.2, 0.25) is 0 Å². The largest absolute Gasteiger partial charge is 0.489 e. The third kappa shape index (κ3) is 4.82. The van der Waals surface area contributed by atoms with Crippen LogP contribution in [0.4, 0.5) is 0 Å². The van der Waals surface area contributed by atoms with Gasteiger partial charge >= 0.3 is 0 Å². The van der Waals surface area contributed by atoms with Crippen molar-refractivity contribution < 1.29 is 9.53 Å². The van der Waals surface area contributed by atoms with Gasteiger partial charge in [0.15, 0.2) is 0 Å². The lowest BCUT2D eigenvalue weighted by Crippen LogP contribution is -2.30. The first-order valence-corrected chi connectivity index (χ1v) is 10.5. The highest BCUT2D eigenvalue weighted by Crippen LogP contribution is 2.42. The number of thioether (sulfide) groups is 1. The van der Waals surface area contributed by atoms with E-state index in [1.165, 1.54) is 0 Å². The number of benzene rings is 2. The summed E-state index contributed by atoms with van der Waals surface area (Å²) >= 11 is 1.83. The van der Waals surface area contributed by atoms with Crippen LogP contribution >= 0.6 is 11.8 Å². The fourth-order valence-electron chi connectivity index (χ4n) is 3.20. The molecule has 1 aliphatic rings. The van der Waals surface area contributed by atoms with Crippen molar-refractivity contribution in [3.63, 3.8) is 0 Å². The third-order valence-corrected chi connectivity index (χ3v) is 5.87. The van der Waals surface area contributed by atoms with Crippen molar-refractivity contribution >= 4 is 17.7 Å². The highest BCUT2D eigenvalue weighted by Gasteiger charge is 2.32. The van der Waals surface area contributed by atoms with Gasteiger partial charge in [-0.3, -0.25) is 4.79 Å². The van der Waals surface area contributed by atoms with E-state index >= 15 is 0 Å². The lowest BCUT2D eigenvalue weighted by Gasteiger charge is -2.26. The van der Waals surface area contributed by atoms with Crippen molar-refractivity contribution in [2.75, 3.05) is 12.3 Å². The van der Waals surface area contributed by atoms with Gasteiger partial charge in [0.1, 0.15) is 17.7 Å². The Balaban J connectivity index is 1.70. The van der Waals surface area contributed by atoms with E-state index in [-0.39, 0.29) is 11.3 Å². The van der Waals surface area contributed by atoms with E-state index in [1.807, 2.05) is 53.1 Å². The molecule has 0 aromatic heterocycles. The zero-order chi connectivity index (χ0) is 18.2. The minimum Gasteiger partial charge on any atom is -0.489 e. The molecule has 2 aromatic carbocycles. The second-order valence-corrected chi connectivity index (χ2v) is 7.77. The molecule has 0 aliphatic carbocycles. The average molecular weight is 370 g/mol. The highest BCUT2D eigenvalue weighted by molar-refractivity contribution is 7.99. The van der Waals surface area contributed by atoms with E-state index in [2.05, 4.69) is 25.1 Å². The smallest absolute Gasteiger partial charge is 0.223 e. The van der Waals surface area contributed by atoms with Crippen LogP contribution in [0.3, 0.4) is 0 Å². The summed E-state index contributed by atoms with van der Waals surface area (Å²) in [5.74, 6) is 2.13. The van der Waals surface area contributed by atoms with Crippen LogP contribution in [0.25, 0.3) is 0 Å². The van der Waals surface area contributed by atoms with Gasteiger partial charge in [0.25, 0.3) is 0 Å². The molecule has 138 valence electrons. The summed E-state index contributed by atoms with van der Waals surface area (Å²) in [6.07, 6.45) is 3.89. The summed E-state index contributed by atoms with van der Waals surface area (Å²) in [6, 6.07) is 18.3. The standard InChI is InChI=1S/C22H27NO2S/c1-2-3-5-14-21(24)23-15-16-26-22(23)19-12-8-9-13-20(19)25-17-18-10-6-4-7-11-18/h4,6-13,22H,2-3,5,14-17H2,1H3. The Morgan fingerprint density at radius 1 is 1.12 bits per heavy atom. The lowest BCUT2D eigenvalue weighted by molar-refractivity contribution is -0.131. The maximum Gasteiger partial charge on any atom is 0.223 e. The fraction of sp³-hybridized carbons (Fsp3) is 0.409. The Labute approximate surface area is 160 Å². The second kappa shape index (κ2) is 9.67. The first-order chi connectivity index (χ1) is 12.8. The maximum absolute atomic E-state index is 12.7. The number of para-hydroxylation sites is 1. The molecule has 1 amide bonds. The maximum atomic E-state index is 12.7. The molecule has 26 heavy (non-hydrogen) atoms. The summed E-state index contributed by atoms with van der Waals surface area (Å²) < 4.78 is 6.11. The van der Waals surface area contributed by atoms with Gasteiger partial charge in [-0.1, -0.05) is 68.3 Å². The molecule has 0 spiro atoms. The predicted octanol–water partition coefficient (Wildman–Crippen LogP) is 5.42. The lowest BCUT2D eigenvalue weighted by atomic mass is 10.1. The van der Waals surface area contributed by atoms with Crippen LogP contribution in [0.1, 0.15) is 49.1 Å². The number of hydrogen-bond donors (Lipinski definition) is 0. The zero-order valence-corrected chi connectivity index (χ0v) is 16.2. The summed E-state index contributed by atoms with van der Waals surface area (Å²) in [5.41, 5.74) is 2.25. The van der Waals surface area contributed by atoms with E-state index < -0.39 is 0 Å². The summed E-state index contributed by atoms with van der Waals surface area (Å²) in [7, 11) is 0. The number of nitrogens with zero attached hydrogens (tertiary/aromatic N) is 1. The van der Waals surface area contributed by atoms with E-state index in [4.69, 9.17) is 4.74 Å². The molecule has 0 bridgehead atoms. The monoisotopic (exact) mass is 369 g/mol. The summed E-state index contributed by atoms with van der Waals surface area (Å²) in [5, 5.41) is 0.0658. The summed E-state index contributed by atoms with van der Waals surface area (Å²) in [6.45, 7) is 3.53. The van der Waals surface area contributed by atoms with E-state index in [9.17, 15) is 4.79 Å². The number of carbonyl (C=O) groups is 1. The molecule has 1 heterocycles. The molecule has 1 fully saturated rings. The molecule has 0 saturated carbocycles. The van der Waals surface area contributed by atoms with Gasteiger partial charge in [-0.2, -0.15) is 0 Å². The topological polar surface area (TPSA) is 29.5 Å². The molecule has 3 rings (SSSR count). The SMILES string of the molecule is CCCCCC(=O)N1CCSC1c1ccccc1OCc1ccccc1. The van der Waals surface area contributed by atoms with Gasteiger partial charge in [0, 0.05) is 24.3 Å². The number of unbranched alkanes of at least 4 members (excludes halogenated alkanes) is 2. The number of rotatable bonds is 8. The fourth-order valence-corrected chi connectivity index (χ4v) is 4.51. The Morgan fingerprint density at radius 2 is 1.88 bits per heavy atom. The molecule has 0 N–H and O–H groups in total. The Bertz CT molecular complexity index is 704. The normalized spacial score (nSPS) is 16.7. The quantitative estimate of drug-likeness (QED) is 0.582. The van der Waals surface area contributed by atoms with Crippen molar-refractivity contribution in [2.24, 2.45) is 0 Å². The molecule has 0 radical (unpaired) electrons. The second-order valence-electron chi connectivity index (χ2n) is 6.58. The van der Waals surface area contributed by atoms with Crippen LogP contribution in [0, 0.1) is 0 Å². The van der Waals surface area contributed by atoms with Gasteiger partial charge in [-0.05, 0) is 18.1 Å². The molecule has 1 saturated heterocycles. The Hall–Kier alpha value is -1.94. The van der Waals surface area contributed by atoms with Crippen molar-refractivity contribution in [3.05, 3.63) is 65.7 Å². The van der Waals surface area contributed by atoms with Crippen LogP contribution in [0.15, 0.2) is 54.6 Å². The molecule has 1 unspecified atom stereocenters. The number of amides is 1. The molecular formula is C22H27NO2S. The molecular weight excluding hydrogens is 342 g/mol. The Morgan fingerprint density at radius 3 is 2.69 bits per heavy atom. The zero-order valence-electron chi connectivity index (χ0n) is 15.4. The number of carbonyl (C=O) groups excluding carboxylic acids is 1. The van der Waals surface area contributed by atoms with Crippen LogP contribution in [-0.2, 0) is 11.4 Å². The van der Waals surface area contributed by atoms with E-state index in [0.29, 0.717) is 13.0 Å². The molecule has 1 atom stereocenters. The van der Waals surface area contributed by atoms with E-state index in [0.717, 1.165) is 48.4 Å².